The molecule has 3 N–H and O–H groups in total. The smallest absolute Gasteiger partial charge is 0.337 e. The summed E-state index contributed by atoms with van der Waals surface area (Å²) in [6.07, 6.45) is 3.29. The summed E-state index contributed by atoms with van der Waals surface area (Å²) in [6, 6.07) is 3.08. The van der Waals surface area contributed by atoms with E-state index in [2.05, 4.69) is 10.7 Å². The summed E-state index contributed by atoms with van der Waals surface area (Å²) in [4.78, 5) is 23.4. The maximum atomic E-state index is 10.2. The van der Waals surface area contributed by atoms with Crippen LogP contribution in [-0.4, -0.2) is 22.0 Å². The lowest BCUT2D eigenvalue weighted by Crippen LogP contribution is -2.06. The quantitative estimate of drug-likeness (QED) is 0.726. The summed E-state index contributed by atoms with van der Waals surface area (Å²) in [5.41, 5.74) is 4.87. The number of carboxylic acid groups (broad SMARTS) is 1. The van der Waals surface area contributed by atoms with Crippen LogP contribution in [0, 0.1) is 0 Å². The van der Waals surface area contributed by atoms with Crippen LogP contribution in [0.25, 0.3) is 0 Å². The highest BCUT2D eigenvalue weighted by molar-refractivity contribution is 5.86. The normalized spacial score (nSPS) is 8.36. The number of hydrogen-bond donors (Lipinski definition) is 2. The maximum absolute atomic E-state index is 10.2. The van der Waals surface area contributed by atoms with Crippen molar-refractivity contribution in [3.63, 3.8) is 0 Å². The first-order chi connectivity index (χ1) is 6.57. The second-order valence-electron chi connectivity index (χ2n) is 2.37. The van der Waals surface area contributed by atoms with Crippen LogP contribution in [0.4, 0.5) is 0 Å². The fourth-order valence-corrected chi connectivity index (χ4v) is 0.489. The number of carboxylic acids is 1. The van der Waals surface area contributed by atoms with Crippen LogP contribution in [0.3, 0.4) is 0 Å². The number of pyridine rings is 1. The molecule has 76 valence electrons. The molecule has 14 heavy (non-hydrogen) atoms. The topological polar surface area (TPSA) is 93.3 Å². The van der Waals surface area contributed by atoms with Gasteiger partial charge in [0.25, 0.3) is 0 Å². The van der Waals surface area contributed by atoms with Crippen molar-refractivity contribution >= 4 is 11.9 Å². The Kier molecular flexibility index (Phi) is 5.69. The largest absolute Gasteiger partial charge is 0.478 e. The fraction of sp³-hybridized carbons (Fsp3) is 0.222. The van der Waals surface area contributed by atoms with Crippen LogP contribution >= 0.6 is 0 Å². The highest BCUT2D eigenvalue weighted by atomic mass is 16.4. The predicted molar refractivity (Wildman–Crippen MR) is 50.7 cm³/mol. The molecule has 0 aliphatic rings. The Balaban J connectivity index is 0.000000292. The number of primary amides is 1. The van der Waals surface area contributed by atoms with Gasteiger partial charge < -0.3 is 10.8 Å². The fourth-order valence-electron chi connectivity index (χ4n) is 0.489. The lowest BCUT2D eigenvalue weighted by atomic mass is 10.3. The summed E-state index contributed by atoms with van der Waals surface area (Å²) in [5.74, 6) is -1.19. The van der Waals surface area contributed by atoms with E-state index in [9.17, 15) is 9.59 Å². The van der Waals surface area contributed by atoms with Crippen molar-refractivity contribution in [2.75, 3.05) is 0 Å². The second-order valence-corrected chi connectivity index (χ2v) is 2.37. The third kappa shape index (κ3) is 5.70. The van der Waals surface area contributed by atoms with Gasteiger partial charge in [-0.25, -0.2) is 4.79 Å². The van der Waals surface area contributed by atoms with Crippen molar-refractivity contribution in [2.45, 2.75) is 13.3 Å². The number of amides is 1. The molecule has 1 heterocycles. The molecule has 5 heteroatoms. The molecule has 0 unspecified atom stereocenters. The average Bonchev–Trinajstić information content (AvgIpc) is 2.20. The van der Waals surface area contributed by atoms with E-state index in [1.54, 1.807) is 13.0 Å². The van der Waals surface area contributed by atoms with E-state index in [0.29, 0.717) is 6.42 Å². The minimum atomic E-state index is -0.942. The number of carbonyl (C=O) groups excluding carboxylic acids is 1. The van der Waals surface area contributed by atoms with E-state index in [4.69, 9.17) is 5.11 Å². The molecule has 0 saturated carbocycles. The summed E-state index contributed by atoms with van der Waals surface area (Å²) < 4.78 is 0. The van der Waals surface area contributed by atoms with Crippen molar-refractivity contribution in [3.05, 3.63) is 30.1 Å². The number of nitrogens with two attached hydrogens (primary N) is 1. The number of nitrogens with zero attached hydrogens (tertiary/aromatic N) is 1. The highest BCUT2D eigenvalue weighted by Crippen LogP contribution is 1.92. The number of rotatable bonds is 2. The molecule has 5 nitrogen and oxygen atoms in total. The first-order valence-corrected chi connectivity index (χ1v) is 3.99. The van der Waals surface area contributed by atoms with Gasteiger partial charge in [-0.3, -0.25) is 9.78 Å². The molecule has 0 aliphatic heterocycles. The summed E-state index contributed by atoms with van der Waals surface area (Å²) in [5, 5.41) is 8.34. The first-order valence-electron chi connectivity index (χ1n) is 3.99. The maximum Gasteiger partial charge on any atom is 0.337 e. The van der Waals surface area contributed by atoms with E-state index in [0.717, 1.165) is 0 Å². The van der Waals surface area contributed by atoms with Crippen molar-refractivity contribution in [3.8, 4) is 0 Å². The van der Waals surface area contributed by atoms with Gasteiger partial charge in [0.2, 0.25) is 5.91 Å². The zero-order chi connectivity index (χ0) is 11.0. The molecule has 0 spiro atoms. The van der Waals surface area contributed by atoms with Crippen molar-refractivity contribution in [2.24, 2.45) is 5.73 Å². The highest BCUT2D eigenvalue weighted by Gasteiger charge is 1.97. The van der Waals surface area contributed by atoms with Gasteiger partial charge in [-0.2, -0.15) is 0 Å². The van der Waals surface area contributed by atoms with Gasteiger partial charge in [-0.05, 0) is 12.1 Å². The minimum Gasteiger partial charge on any atom is -0.478 e. The number of carbonyl (C=O) groups is 2. The SMILES string of the molecule is CCC(N)=O.O=C(O)c1cccnc1. The molecule has 0 atom stereocenters. The Morgan fingerprint density at radius 1 is 1.57 bits per heavy atom. The summed E-state index contributed by atoms with van der Waals surface area (Å²) >= 11 is 0. The first kappa shape index (κ1) is 12.1. The number of aromatic carboxylic acids is 1. The Hall–Kier alpha value is -1.91. The van der Waals surface area contributed by atoms with Gasteiger partial charge in [0.05, 0.1) is 5.56 Å². The molecule has 0 fully saturated rings. The number of hydrogen-bond acceptors (Lipinski definition) is 3. The van der Waals surface area contributed by atoms with Crippen LogP contribution in [0.1, 0.15) is 23.7 Å². The Labute approximate surface area is 81.6 Å². The monoisotopic (exact) mass is 196 g/mol. The predicted octanol–water partition coefficient (Wildman–Crippen LogP) is 0.661. The Bertz CT molecular complexity index is 298. The standard InChI is InChI=1S/C6H5NO2.C3H7NO/c8-6(9)5-2-1-3-7-4-5;1-2-3(4)5/h1-4H,(H,8,9);2H2,1H3,(H2,4,5). The Morgan fingerprint density at radius 2 is 2.14 bits per heavy atom. The van der Waals surface area contributed by atoms with E-state index in [1.807, 2.05) is 0 Å². The summed E-state index contributed by atoms with van der Waals surface area (Å²) in [7, 11) is 0. The van der Waals surface area contributed by atoms with Gasteiger partial charge in [-0.1, -0.05) is 6.92 Å². The Morgan fingerprint density at radius 3 is 2.36 bits per heavy atom. The van der Waals surface area contributed by atoms with Crippen molar-refractivity contribution in [1.82, 2.24) is 4.98 Å². The molecule has 0 radical (unpaired) electrons. The van der Waals surface area contributed by atoms with Gasteiger partial charge in [0.1, 0.15) is 0 Å². The molecule has 0 saturated heterocycles. The van der Waals surface area contributed by atoms with Crippen molar-refractivity contribution in [1.29, 1.82) is 0 Å². The lowest BCUT2D eigenvalue weighted by molar-refractivity contribution is -0.117. The lowest BCUT2D eigenvalue weighted by Gasteiger charge is -1.87. The molecule has 0 aliphatic carbocycles. The zero-order valence-corrected chi connectivity index (χ0v) is 7.80. The minimum absolute atomic E-state index is 0.220. The molecule has 1 aromatic heterocycles. The zero-order valence-electron chi connectivity index (χ0n) is 7.80. The third-order valence-corrected chi connectivity index (χ3v) is 1.26. The van der Waals surface area contributed by atoms with E-state index in [1.165, 1.54) is 18.5 Å². The summed E-state index contributed by atoms with van der Waals surface area (Å²) in [6.45, 7) is 1.72. The molecule has 1 aromatic rings. The van der Waals surface area contributed by atoms with E-state index in [-0.39, 0.29) is 11.5 Å². The van der Waals surface area contributed by atoms with Crippen LogP contribution < -0.4 is 5.73 Å². The number of aromatic nitrogens is 1. The van der Waals surface area contributed by atoms with Gasteiger partial charge in [0, 0.05) is 18.8 Å². The van der Waals surface area contributed by atoms with Gasteiger partial charge in [-0.15, -0.1) is 0 Å². The molecular formula is C9H12N2O3. The third-order valence-electron chi connectivity index (χ3n) is 1.26. The van der Waals surface area contributed by atoms with E-state index < -0.39 is 5.97 Å². The molecule has 1 amide bonds. The molecule has 0 bridgehead atoms. The van der Waals surface area contributed by atoms with E-state index >= 15 is 0 Å². The van der Waals surface area contributed by atoms with Crippen LogP contribution in [0.2, 0.25) is 0 Å². The van der Waals surface area contributed by atoms with Crippen LogP contribution in [0.15, 0.2) is 24.5 Å². The van der Waals surface area contributed by atoms with Gasteiger partial charge >= 0.3 is 5.97 Å². The van der Waals surface area contributed by atoms with Crippen LogP contribution in [-0.2, 0) is 4.79 Å². The second kappa shape index (κ2) is 6.59. The van der Waals surface area contributed by atoms with Gasteiger partial charge in [0.15, 0.2) is 0 Å². The molecular weight excluding hydrogens is 184 g/mol. The molecule has 1 rings (SSSR count). The average molecular weight is 196 g/mol. The van der Waals surface area contributed by atoms with Crippen LogP contribution in [0.5, 0.6) is 0 Å². The van der Waals surface area contributed by atoms with Crippen molar-refractivity contribution < 1.29 is 14.7 Å². The molecule has 0 aromatic carbocycles.